The van der Waals surface area contributed by atoms with Gasteiger partial charge in [-0.3, -0.25) is 9.59 Å². The van der Waals surface area contributed by atoms with Crippen molar-refractivity contribution in [2.75, 3.05) is 13.2 Å². The lowest BCUT2D eigenvalue weighted by atomic mass is 9.99. The maximum absolute atomic E-state index is 13.0. The second-order valence-corrected chi connectivity index (χ2v) is 7.54. The predicted octanol–water partition coefficient (Wildman–Crippen LogP) is 3.78. The van der Waals surface area contributed by atoms with Gasteiger partial charge >= 0.3 is 0 Å². The van der Waals surface area contributed by atoms with E-state index in [0.29, 0.717) is 43.2 Å². The molecule has 0 spiro atoms. The highest BCUT2D eigenvalue weighted by Crippen LogP contribution is 2.40. The molecule has 1 unspecified atom stereocenters. The molecule has 32 heavy (non-hydrogen) atoms. The summed E-state index contributed by atoms with van der Waals surface area (Å²) in [5.74, 6) is -0.626. The molecule has 1 aromatic carbocycles. The Labute approximate surface area is 185 Å². The van der Waals surface area contributed by atoms with Crippen molar-refractivity contribution in [3.63, 3.8) is 0 Å². The number of ketones is 1. The first-order valence-electron chi connectivity index (χ1n) is 10.6. The summed E-state index contributed by atoms with van der Waals surface area (Å²) in [5, 5.41) is 11.1. The average Bonchev–Trinajstić information content (AvgIpc) is 3.56. The van der Waals surface area contributed by atoms with Crippen molar-refractivity contribution in [1.82, 2.24) is 14.5 Å². The molecule has 0 bridgehead atoms. The van der Waals surface area contributed by atoms with Crippen LogP contribution in [0.5, 0.6) is 5.75 Å². The number of imidazole rings is 1. The quantitative estimate of drug-likeness (QED) is 0.312. The third-order valence-electron chi connectivity index (χ3n) is 5.31. The van der Waals surface area contributed by atoms with E-state index < -0.39 is 17.7 Å². The molecule has 0 radical (unpaired) electrons. The number of aliphatic hydroxyl groups is 1. The Morgan fingerprint density at radius 1 is 1.22 bits per heavy atom. The number of likely N-dealkylation sites (tertiary alicyclic amines) is 1. The van der Waals surface area contributed by atoms with E-state index in [1.54, 1.807) is 48.9 Å². The van der Waals surface area contributed by atoms with Crippen LogP contribution in [0.3, 0.4) is 0 Å². The van der Waals surface area contributed by atoms with Gasteiger partial charge in [0.2, 0.25) is 0 Å². The highest BCUT2D eigenvalue weighted by molar-refractivity contribution is 6.46. The molecule has 1 aliphatic rings. The summed E-state index contributed by atoms with van der Waals surface area (Å²) in [6.45, 7) is 3.51. The number of carbonyl (C=O) groups is 2. The Morgan fingerprint density at radius 3 is 2.81 bits per heavy atom. The lowest BCUT2D eigenvalue weighted by Gasteiger charge is -2.23. The fourth-order valence-electron chi connectivity index (χ4n) is 3.80. The van der Waals surface area contributed by atoms with Gasteiger partial charge in [0, 0.05) is 31.0 Å². The average molecular weight is 435 g/mol. The van der Waals surface area contributed by atoms with E-state index in [4.69, 9.17) is 9.15 Å². The highest BCUT2D eigenvalue weighted by Gasteiger charge is 2.47. The first kappa shape index (κ1) is 21.4. The standard InChI is InChI=1S/C24H25N3O5/c1-2-13-31-18-7-3-6-17(15-18)22(28)20-21(19-8-4-14-32-19)27(24(30)23(20)29)11-5-10-26-12-9-25-16-26/h3-4,6-9,12,14-16,21,28H,2,5,10-11,13H2,1H3/b22-20+. The number of benzene rings is 1. The Balaban J connectivity index is 1.66. The number of amides is 1. The second-order valence-electron chi connectivity index (χ2n) is 7.54. The number of carbonyl (C=O) groups excluding carboxylic acids is 2. The normalized spacial score (nSPS) is 17.8. The summed E-state index contributed by atoms with van der Waals surface area (Å²) < 4.78 is 13.1. The van der Waals surface area contributed by atoms with E-state index in [9.17, 15) is 14.7 Å². The summed E-state index contributed by atoms with van der Waals surface area (Å²) in [5.41, 5.74) is 0.423. The van der Waals surface area contributed by atoms with Gasteiger partial charge in [-0.15, -0.1) is 0 Å². The first-order chi connectivity index (χ1) is 15.6. The zero-order valence-corrected chi connectivity index (χ0v) is 17.8. The van der Waals surface area contributed by atoms with E-state index in [-0.39, 0.29) is 11.3 Å². The largest absolute Gasteiger partial charge is 0.507 e. The molecule has 166 valence electrons. The number of hydrogen-bond acceptors (Lipinski definition) is 6. The van der Waals surface area contributed by atoms with Gasteiger partial charge < -0.3 is 23.7 Å². The number of aromatic nitrogens is 2. The van der Waals surface area contributed by atoms with Crippen molar-refractivity contribution in [2.24, 2.45) is 0 Å². The minimum Gasteiger partial charge on any atom is -0.507 e. The summed E-state index contributed by atoms with van der Waals surface area (Å²) >= 11 is 0. The van der Waals surface area contributed by atoms with Gasteiger partial charge in [0.15, 0.2) is 0 Å². The van der Waals surface area contributed by atoms with E-state index >= 15 is 0 Å². The van der Waals surface area contributed by atoms with Crippen molar-refractivity contribution < 1.29 is 23.8 Å². The summed E-state index contributed by atoms with van der Waals surface area (Å²) in [6.07, 6.45) is 8.17. The van der Waals surface area contributed by atoms with Crippen LogP contribution in [0.2, 0.25) is 0 Å². The summed E-state index contributed by atoms with van der Waals surface area (Å²) in [6, 6.07) is 9.46. The van der Waals surface area contributed by atoms with Gasteiger partial charge in [-0.2, -0.15) is 0 Å². The van der Waals surface area contributed by atoms with Crippen LogP contribution in [0.15, 0.2) is 71.4 Å². The maximum atomic E-state index is 13.0. The summed E-state index contributed by atoms with van der Waals surface area (Å²) in [4.78, 5) is 31.4. The molecule has 2 aromatic heterocycles. The molecular formula is C24H25N3O5. The Hall–Kier alpha value is -3.81. The van der Waals surface area contributed by atoms with E-state index in [0.717, 1.165) is 6.42 Å². The molecule has 1 aliphatic heterocycles. The molecule has 1 fully saturated rings. The number of aliphatic hydroxyl groups excluding tert-OH is 1. The fourth-order valence-corrected chi connectivity index (χ4v) is 3.80. The Kier molecular flexibility index (Phi) is 6.39. The molecule has 4 rings (SSSR count). The molecule has 8 nitrogen and oxygen atoms in total. The Morgan fingerprint density at radius 2 is 2.09 bits per heavy atom. The molecule has 1 saturated heterocycles. The molecule has 1 atom stereocenters. The van der Waals surface area contributed by atoms with Crippen molar-refractivity contribution in [2.45, 2.75) is 32.4 Å². The van der Waals surface area contributed by atoms with Crippen molar-refractivity contribution in [3.8, 4) is 5.75 Å². The number of rotatable bonds is 9. The molecule has 1 amide bonds. The van der Waals surface area contributed by atoms with Gasteiger partial charge in [0.25, 0.3) is 11.7 Å². The van der Waals surface area contributed by atoms with Gasteiger partial charge in [-0.05, 0) is 37.1 Å². The topological polar surface area (TPSA) is 97.8 Å². The molecular weight excluding hydrogens is 410 g/mol. The van der Waals surface area contributed by atoms with Crippen LogP contribution in [0.4, 0.5) is 0 Å². The lowest BCUT2D eigenvalue weighted by Crippen LogP contribution is -2.31. The van der Waals surface area contributed by atoms with Crippen LogP contribution in [0, 0.1) is 0 Å². The SMILES string of the molecule is CCCOc1cccc(/C(O)=C2\C(=O)C(=O)N(CCCn3ccnc3)C2c2ccco2)c1. The molecule has 3 aromatic rings. The van der Waals surface area contributed by atoms with Crippen LogP contribution < -0.4 is 4.74 Å². The lowest BCUT2D eigenvalue weighted by molar-refractivity contribution is -0.140. The summed E-state index contributed by atoms with van der Waals surface area (Å²) in [7, 11) is 0. The van der Waals surface area contributed by atoms with Crippen LogP contribution in [0.25, 0.3) is 5.76 Å². The number of nitrogens with zero attached hydrogens (tertiary/aromatic N) is 3. The van der Waals surface area contributed by atoms with Gasteiger partial charge in [-0.25, -0.2) is 4.98 Å². The number of aryl methyl sites for hydroxylation is 1. The Bertz CT molecular complexity index is 1100. The number of ether oxygens (including phenoxy) is 1. The van der Waals surface area contributed by atoms with Gasteiger partial charge in [0.1, 0.15) is 23.3 Å². The third-order valence-corrected chi connectivity index (χ3v) is 5.31. The third kappa shape index (κ3) is 4.30. The van der Waals surface area contributed by atoms with Gasteiger partial charge in [0.05, 0.1) is 24.8 Å². The minimum atomic E-state index is -0.798. The number of hydrogen-bond donors (Lipinski definition) is 1. The second kappa shape index (κ2) is 9.55. The molecule has 0 saturated carbocycles. The van der Waals surface area contributed by atoms with Crippen LogP contribution in [-0.4, -0.2) is 44.4 Å². The van der Waals surface area contributed by atoms with E-state index in [1.807, 2.05) is 17.7 Å². The van der Waals surface area contributed by atoms with Crippen LogP contribution >= 0.6 is 0 Å². The fraction of sp³-hybridized carbons (Fsp3) is 0.292. The smallest absolute Gasteiger partial charge is 0.295 e. The maximum Gasteiger partial charge on any atom is 0.295 e. The van der Waals surface area contributed by atoms with E-state index in [1.165, 1.54) is 11.2 Å². The van der Waals surface area contributed by atoms with Crippen LogP contribution in [-0.2, 0) is 16.1 Å². The predicted molar refractivity (Wildman–Crippen MR) is 117 cm³/mol. The number of furan rings is 1. The van der Waals surface area contributed by atoms with Crippen molar-refractivity contribution >= 4 is 17.4 Å². The van der Waals surface area contributed by atoms with Crippen molar-refractivity contribution in [3.05, 3.63) is 78.3 Å². The minimum absolute atomic E-state index is 0.0141. The van der Waals surface area contributed by atoms with E-state index in [2.05, 4.69) is 4.98 Å². The van der Waals surface area contributed by atoms with Crippen molar-refractivity contribution in [1.29, 1.82) is 0 Å². The first-order valence-corrected chi connectivity index (χ1v) is 10.6. The number of Topliss-reactive ketones (excluding diaryl/α,β-unsaturated/α-hetero) is 1. The highest BCUT2D eigenvalue weighted by atomic mass is 16.5. The van der Waals surface area contributed by atoms with Crippen LogP contribution in [0.1, 0.15) is 37.1 Å². The molecule has 1 N–H and O–H groups in total. The monoisotopic (exact) mass is 435 g/mol. The van der Waals surface area contributed by atoms with Gasteiger partial charge in [-0.1, -0.05) is 19.1 Å². The molecule has 8 heteroatoms. The molecule has 3 heterocycles. The zero-order chi connectivity index (χ0) is 22.5. The zero-order valence-electron chi connectivity index (χ0n) is 17.8. The molecule has 0 aliphatic carbocycles.